The average Bonchev–Trinajstić information content (AvgIpc) is 2.77. The number of pyridine rings is 1. The van der Waals surface area contributed by atoms with Gasteiger partial charge in [0.2, 0.25) is 0 Å². The Hall–Kier alpha value is -1.25. The van der Waals surface area contributed by atoms with E-state index in [4.69, 9.17) is 5.73 Å². The van der Waals surface area contributed by atoms with Crippen molar-refractivity contribution >= 4 is 11.5 Å². The number of fused-ring (bicyclic) bond motifs is 1. The maximum absolute atomic E-state index is 5.95. The van der Waals surface area contributed by atoms with Gasteiger partial charge < -0.3 is 10.6 Å². The van der Waals surface area contributed by atoms with E-state index < -0.39 is 0 Å². The van der Waals surface area contributed by atoms with Crippen molar-refractivity contribution < 1.29 is 0 Å². The predicted octanol–water partition coefficient (Wildman–Crippen LogP) is 1.90. The second-order valence-electron chi connectivity index (χ2n) is 4.77. The summed E-state index contributed by atoms with van der Waals surface area (Å²) in [7, 11) is 0. The number of rotatable bonds is 1. The third-order valence-corrected chi connectivity index (χ3v) is 3.84. The van der Waals surface area contributed by atoms with Gasteiger partial charge in [-0.25, -0.2) is 4.98 Å². The van der Waals surface area contributed by atoms with Crippen LogP contribution < -0.4 is 10.6 Å². The summed E-state index contributed by atoms with van der Waals surface area (Å²) in [5.41, 5.74) is 6.76. The van der Waals surface area contributed by atoms with Gasteiger partial charge in [-0.2, -0.15) is 0 Å². The fourth-order valence-electron chi connectivity index (χ4n) is 3.08. The van der Waals surface area contributed by atoms with E-state index in [2.05, 4.69) is 9.88 Å². The molecule has 0 radical (unpaired) electrons. The SMILES string of the molecule is Nc1cccnc1N1CC2CCCC2C1. The van der Waals surface area contributed by atoms with E-state index in [-0.39, 0.29) is 0 Å². The van der Waals surface area contributed by atoms with Crippen molar-refractivity contribution in [1.82, 2.24) is 4.98 Å². The van der Waals surface area contributed by atoms with E-state index in [9.17, 15) is 0 Å². The Morgan fingerprint density at radius 1 is 1.27 bits per heavy atom. The molecule has 15 heavy (non-hydrogen) atoms. The van der Waals surface area contributed by atoms with Gasteiger partial charge >= 0.3 is 0 Å². The zero-order valence-electron chi connectivity index (χ0n) is 8.89. The van der Waals surface area contributed by atoms with Crippen LogP contribution in [0.1, 0.15) is 19.3 Å². The van der Waals surface area contributed by atoms with Gasteiger partial charge in [0.25, 0.3) is 0 Å². The molecule has 1 aromatic rings. The molecule has 3 heteroatoms. The lowest BCUT2D eigenvalue weighted by molar-refractivity contribution is 0.494. The Kier molecular flexibility index (Phi) is 2.04. The van der Waals surface area contributed by atoms with Crippen LogP contribution >= 0.6 is 0 Å². The summed E-state index contributed by atoms with van der Waals surface area (Å²) < 4.78 is 0. The third kappa shape index (κ3) is 1.46. The molecular weight excluding hydrogens is 186 g/mol. The molecule has 1 aromatic heterocycles. The minimum atomic E-state index is 0.817. The average molecular weight is 203 g/mol. The number of nitrogens with zero attached hydrogens (tertiary/aromatic N) is 2. The smallest absolute Gasteiger partial charge is 0.151 e. The summed E-state index contributed by atoms with van der Waals surface area (Å²) in [6, 6.07) is 3.84. The van der Waals surface area contributed by atoms with E-state index in [1.54, 1.807) is 0 Å². The van der Waals surface area contributed by atoms with Crippen molar-refractivity contribution in [3.8, 4) is 0 Å². The van der Waals surface area contributed by atoms with E-state index in [1.807, 2.05) is 18.3 Å². The number of nitrogen functional groups attached to an aromatic ring is 1. The minimum absolute atomic E-state index is 0.817. The molecule has 0 amide bonds. The quantitative estimate of drug-likeness (QED) is 0.758. The summed E-state index contributed by atoms with van der Waals surface area (Å²) >= 11 is 0. The number of nitrogens with two attached hydrogens (primary N) is 1. The Bertz CT molecular complexity index is 352. The molecule has 2 atom stereocenters. The highest BCUT2D eigenvalue weighted by atomic mass is 15.2. The van der Waals surface area contributed by atoms with Gasteiger partial charge in [0.15, 0.2) is 5.82 Å². The van der Waals surface area contributed by atoms with E-state index in [0.29, 0.717) is 0 Å². The largest absolute Gasteiger partial charge is 0.396 e. The molecule has 1 aliphatic heterocycles. The van der Waals surface area contributed by atoms with E-state index in [1.165, 1.54) is 19.3 Å². The molecule has 2 unspecified atom stereocenters. The van der Waals surface area contributed by atoms with Crippen molar-refractivity contribution in [3.63, 3.8) is 0 Å². The van der Waals surface area contributed by atoms with Crippen molar-refractivity contribution in [1.29, 1.82) is 0 Å². The van der Waals surface area contributed by atoms with Gasteiger partial charge in [0, 0.05) is 19.3 Å². The van der Waals surface area contributed by atoms with Crippen LogP contribution in [-0.4, -0.2) is 18.1 Å². The van der Waals surface area contributed by atoms with Gasteiger partial charge in [-0.05, 0) is 36.8 Å². The molecule has 0 bridgehead atoms. The molecule has 0 aromatic carbocycles. The molecule has 2 fully saturated rings. The van der Waals surface area contributed by atoms with Crippen molar-refractivity contribution in [2.75, 3.05) is 23.7 Å². The molecule has 3 rings (SSSR count). The highest BCUT2D eigenvalue weighted by Crippen LogP contribution is 2.39. The molecular formula is C12H17N3. The number of aromatic nitrogens is 1. The summed E-state index contributed by atoms with van der Waals surface area (Å²) in [5, 5.41) is 0. The van der Waals surface area contributed by atoms with E-state index in [0.717, 1.165) is 36.4 Å². The number of anilines is 2. The molecule has 2 heterocycles. The van der Waals surface area contributed by atoms with Gasteiger partial charge in [0.05, 0.1) is 5.69 Å². The van der Waals surface area contributed by atoms with Crippen LogP contribution in [0.3, 0.4) is 0 Å². The standard InChI is InChI=1S/C12H17N3/c13-11-5-2-6-14-12(11)15-7-9-3-1-4-10(9)8-15/h2,5-6,9-10H,1,3-4,7-8,13H2. The van der Waals surface area contributed by atoms with Gasteiger partial charge in [-0.3, -0.25) is 0 Å². The predicted molar refractivity (Wildman–Crippen MR) is 61.7 cm³/mol. The molecule has 3 nitrogen and oxygen atoms in total. The monoisotopic (exact) mass is 203 g/mol. The Morgan fingerprint density at radius 2 is 2.00 bits per heavy atom. The van der Waals surface area contributed by atoms with Gasteiger partial charge in [-0.15, -0.1) is 0 Å². The molecule has 1 saturated heterocycles. The van der Waals surface area contributed by atoms with Crippen LogP contribution in [0.5, 0.6) is 0 Å². The van der Waals surface area contributed by atoms with Crippen molar-refractivity contribution in [3.05, 3.63) is 18.3 Å². The molecule has 1 aliphatic carbocycles. The zero-order valence-corrected chi connectivity index (χ0v) is 8.89. The first-order valence-corrected chi connectivity index (χ1v) is 5.80. The van der Waals surface area contributed by atoms with Crippen LogP contribution in [0.25, 0.3) is 0 Å². The first-order valence-electron chi connectivity index (χ1n) is 5.80. The third-order valence-electron chi connectivity index (χ3n) is 3.84. The second-order valence-corrected chi connectivity index (χ2v) is 4.77. The van der Waals surface area contributed by atoms with Gasteiger partial charge in [0.1, 0.15) is 0 Å². The first-order chi connectivity index (χ1) is 7.34. The van der Waals surface area contributed by atoms with Crippen LogP contribution in [0, 0.1) is 11.8 Å². The van der Waals surface area contributed by atoms with Gasteiger partial charge in [-0.1, -0.05) is 6.42 Å². The van der Waals surface area contributed by atoms with Crippen LogP contribution in [0.15, 0.2) is 18.3 Å². The molecule has 80 valence electrons. The number of hydrogen-bond donors (Lipinski definition) is 1. The lowest BCUT2D eigenvalue weighted by Crippen LogP contribution is -2.22. The Morgan fingerprint density at radius 3 is 2.67 bits per heavy atom. The summed E-state index contributed by atoms with van der Waals surface area (Å²) in [5.74, 6) is 2.78. The van der Waals surface area contributed by atoms with Crippen molar-refractivity contribution in [2.45, 2.75) is 19.3 Å². The minimum Gasteiger partial charge on any atom is -0.396 e. The van der Waals surface area contributed by atoms with E-state index >= 15 is 0 Å². The summed E-state index contributed by atoms with van der Waals surface area (Å²) in [6.07, 6.45) is 6.04. The summed E-state index contributed by atoms with van der Waals surface area (Å²) in [4.78, 5) is 6.75. The topological polar surface area (TPSA) is 42.1 Å². The fourth-order valence-corrected chi connectivity index (χ4v) is 3.08. The lowest BCUT2D eigenvalue weighted by atomic mass is 10.0. The van der Waals surface area contributed by atoms with Crippen molar-refractivity contribution in [2.24, 2.45) is 11.8 Å². The summed E-state index contributed by atoms with van der Waals surface area (Å²) in [6.45, 7) is 2.32. The maximum atomic E-state index is 5.95. The molecule has 1 saturated carbocycles. The number of hydrogen-bond acceptors (Lipinski definition) is 3. The molecule has 0 spiro atoms. The maximum Gasteiger partial charge on any atom is 0.151 e. The lowest BCUT2D eigenvalue weighted by Gasteiger charge is -2.19. The van der Waals surface area contributed by atoms with Crippen LogP contribution in [0.4, 0.5) is 11.5 Å². The molecule has 2 aliphatic rings. The normalized spacial score (nSPS) is 29.5. The Labute approximate surface area is 90.3 Å². The first kappa shape index (κ1) is 9.01. The van der Waals surface area contributed by atoms with Crippen LogP contribution in [0.2, 0.25) is 0 Å². The van der Waals surface area contributed by atoms with Crippen LogP contribution in [-0.2, 0) is 0 Å². The highest BCUT2D eigenvalue weighted by Gasteiger charge is 2.36. The fraction of sp³-hybridized carbons (Fsp3) is 0.583. The highest BCUT2D eigenvalue weighted by molar-refractivity contribution is 5.62. The molecule has 2 N–H and O–H groups in total. The second kappa shape index (κ2) is 3.40. The zero-order chi connectivity index (χ0) is 10.3. The Balaban J connectivity index is 1.82.